The molecular weight excluding hydrogens is 712 g/mol. The number of halogens is 1. The topological polar surface area (TPSA) is 107 Å². The van der Waals surface area contributed by atoms with Gasteiger partial charge in [0.15, 0.2) is 0 Å². The quantitative estimate of drug-likeness (QED) is 0.191. The number of aliphatic carboxylic acids is 1. The lowest BCUT2D eigenvalue weighted by Crippen LogP contribution is -2.68. The zero-order chi connectivity index (χ0) is 40.0. The van der Waals surface area contributed by atoms with Crippen LogP contribution in [0.4, 0.5) is 4.39 Å². The molecule has 3 N–H and O–H groups in total. The van der Waals surface area contributed by atoms with E-state index in [0.717, 1.165) is 19.4 Å². The number of rotatable bonds is 10. The van der Waals surface area contributed by atoms with Crippen LogP contribution >= 0.6 is 0 Å². The van der Waals surface area contributed by atoms with E-state index < -0.39 is 33.7 Å². The average Bonchev–Trinajstić information content (AvgIpc) is 3.45. The Labute approximate surface area is 332 Å². The van der Waals surface area contributed by atoms with Gasteiger partial charge in [-0.3, -0.25) is 4.79 Å². The summed E-state index contributed by atoms with van der Waals surface area (Å²) >= 11 is 0. The molecule has 1 heterocycles. The lowest BCUT2D eigenvalue weighted by atomic mass is 9.33. The number of allylic oxidation sites excluding steroid dienone is 5. The Kier molecular flexibility index (Phi) is 10.6. The number of hydrogen-bond donors (Lipinski definition) is 3. The third-order valence-corrected chi connectivity index (χ3v) is 19.9. The van der Waals surface area contributed by atoms with Crippen molar-refractivity contribution in [2.45, 2.75) is 155 Å². The highest BCUT2D eigenvalue weighted by molar-refractivity contribution is 7.88. The van der Waals surface area contributed by atoms with Gasteiger partial charge in [-0.05, 0) is 179 Å². The summed E-state index contributed by atoms with van der Waals surface area (Å²) in [4.78, 5) is 12.0. The minimum absolute atomic E-state index is 0.0357. The van der Waals surface area contributed by atoms with Crippen molar-refractivity contribution in [1.82, 2.24) is 9.62 Å². The van der Waals surface area contributed by atoms with E-state index >= 15 is 0 Å². The molecule has 1 aliphatic heterocycles. The standard InChI is InChI=1S/C46H73FN2O5S/c1-31(2)29-33-13-20-46(48-26-23-45(52)24-27-49(28-25-45)55(8,53)54)22-21-42(6)35(38(33)46)9-10-37-41(5)16-14-34(40(3,4)36(41)15-17-43(37,42)7)32-11-18-44(30-47,19-12-32)39(50)51/h11,14,33,35-38,48,52H,1,9-10,12-13,15-30H2,2-8H3,(H,50,51). The van der Waals surface area contributed by atoms with Gasteiger partial charge >= 0.3 is 5.97 Å². The zero-order valence-electron chi connectivity index (χ0n) is 35.2. The molecule has 0 aromatic heterocycles. The summed E-state index contributed by atoms with van der Waals surface area (Å²) in [5.41, 5.74) is 2.49. The fraction of sp³-hybridized carbons (Fsp3) is 0.848. The van der Waals surface area contributed by atoms with E-state index in [0.29, 0.717) is 74.8 Å². The lowest BCUT2D eigenvalue weighted by Gasteiger charge is -2.72. The van der Waals surface area contributed by atoms with Crippen LogP contribution in [0.3, 0.4) is 0 Å². The van der Waals surface area contributed by atoms with Crippen LogP contribution in [-0.4, -0.2) is 72.6 Å². The molecule has 0 aromatic carbocycles. The number of carboxylic acid groups (broad SMARTS) is 1. The van der Waals surface area contributed by atoms with E-state index in [2.05, 4.69) is 65.6 Å². The first-order valence-corrected chi connectivity index (χ1v) is 23.7. The van der Waals surface area contributed by atoms with Gasteiger partial charge < -0.3 is 15.5 Å². The van der Waals surface area contributed by atoms with Crippen LogP contribution in [-0.2, 0) is 14.8 Å². The second-order valence-corrected chi connectivity index (χ2v) is 23.6. The number of piperidine rings is 1. The normalized spacial score (nSPS) is 43.9. The van der Waals surface area contributed by atoms with Crippen molar-refractivity contribution in [3.8, 4) is 0 Å². The highest BCUT2D eigenvalue weighted by Gasteiger charge is 2.70. The van der Waals surface area contributed by atoms with Gasteiger partial charge in [0.05, 0.1) is 17.3 Å². The van der Waals surface area contributed by atoms with Crippen molar-refractivity contribution in [1.29, 1.82) is 0 Å². The van der Waals surface area contributed by atoms with Gasteiger partial charge in [-0.1, -0.05) is 52.3 Å². The number of fused-ring (bicyclic) bond motifs is 7. The summed E-state index contributed by atoms with van der Waals surface area (Å²) in [5, 5.41) is 25.6. The van der Waals surface area contributed by atoms with Crippen molar-refractivity contribution in [2.24, 2.45) is 56.7 Å². The molecule has 7 nitrogen and oxygen atoms in total. The second kappa shape index (κ2) is 14.0. The smallest absolute Gasteiger partial charge is 0.312 e. The minimum atomic E-state index is -3.24. The van der Waals surface area contributed by atoms with Crippen molar-refractivity contribution in [2.75, 3.05) is 32.6 Å². The lowest BCUT2D eigenvalue weighted by molar-refractivity contribution is -0.222. The van der Waals surface area contributed by atoms with Gasteiger partial charge in [-0.15, -0.1) is 6.58 Å². The maximum absolute atomic E-state index is 14.0. The van der Waals surface area contributed by atoms with Crippen LogP contribution in [0.5, 0.6) is 0 Å². The van der Waals surface area contributed by atoms with E-state index in [4.69, 9.17) is 0 Å². The van der Waals surface area contributed by atoms with Crippen molar-refractivity contribution in [3.63, 3.8) is 0 Å². The number of nitrogens with one attached hydrogen (secondary N) is 1. The Morgan fingerprint density at radius 3 is 2.24 bits per heavy atom. The number of carboxylic acids is 1. The number of carbonyl (C=O) groups is 1. The third kappa shape index (κ3) is 6.58. The van der Waals surface area contributed by atoms with Crippen LogP contribution in [0.25, 0.3) is 0 Å². The second-order valence-electron chi connectivity index (χ2n) is 21.6. The maximum atomic E-state index is 14.0. The van der Waals surface area contributed by atoms with Crippen LogP contribution < -0.4 is 5.32 Å². The van der Waals surface area contributed by atoms with E-state index in [1.165, 1.54) is 78.6 Å². The van der Waals surface area contributed by atoms with Crippen LogP contribution in [0.2, 0.25) is 0 Å². The molecular formula is C46H73FN2O5S. The molecule has 9 heteroatoms. The third-order valence-electron chi connectivity index (χ3n) is 18.6. The van der Waals surface area contributed by atoms with Crippen LogP contribution in [0, 0.1) is 56.7 Å². The van der Waals surface area contributed by atoms with E-state index in [-0.39, 0.29) is 33.6 Å². The first-order chi connectivity index (χ1) is 25.6. The summed E-state index contributed by atoms with van der Waals surface area (Å²) in [5.74, 6) is 1.96. The molecule has 55 heavy (non-hydrogen) atoms. The SMILES string of the molecule is C=C(C)CC1CCC2(NCCC3(O)CCN(S(C)(=O)=O)CC3)CCC3(C)C(CCC4C5(C)CC=C(C6=CCC(CF)(C(=O)O)CC6)C(C)(C)C5CCC43C)C12. The molecule has 1 saturated heterocycles. The molecule has 10 unspecified atom stereocenters. The fourth-order valence-corrected chi connectivity index (χ4v) is 16.3. The van der Waals surface area contributed by atoms with Gasteiger partial charge in [-0.25, -0.2) is 17.1 Å². The fourth-order valence-electron chi connectivity index (χ4n) is 15.4. The van der Waals surface area contributed by atoms with E-state index in [9.17, 15) is 27.8 Å². The largest absolute Gasteiger partial charge is 0.481 e. The highest BCUT2D eigenvalue weighted by atomic mass is 32.2. The molecule has 10 atom stereocenters. The van der Waals surface area contributed by atoms with Gasteiger partial charge in [-0.2, -0.15) is 0 Å². The van der Waals surface area contributed by atoms with Gasteiger partial charge in [0.1, 0.15) is 6.67 Å². The molecule has 0 spiro atoms. The van der Waals surface area contributed by atoms with E-state index in [1.807, 2.05) is 0 Å². The Hall–Kier alpha value is -1.55. The number of nitrogens with zero attached hydrogens (tertiary/aromatic N) is 1. The molecule has 0 amide bonds. The molecule has 7 rings (SSSR count). The average molecular weight is 785 g/mol. The highest BCUT2D eigenvalue weighted by Crippen LogP contribution is 2.76. The molecule has 0 radical (unpaired) electrons. The zero-order valence-corrected chi connectivity index (χ0v) is 36.1. The van der Waals surface area contributed by atoms with Crippen molar-refractivity contribution >= 4 is 16.0 Å². The molecule has 6 aliphatic carbocycles. The summed E-state index contributed by atoms with van der Waals surface area (Å²) < 4.78 is 39.8. The summed E-state index contributed by atoms with van der Waals surface area (Å²) in [7, 11) is -3.24. The predicted octanol–water partition coefficient (Wildman–Crippen LogP) is 9.24. The Bertz CT molecular complexity index is 1710. The first kappa shape index (κ1) is 41.6. The molecule has 7 aliphatic rings. The van der Waals surface area contributed by atoms with Crippen molar-refractivity contribution < 1.29 is 27.8 Å². The Balaban J connectivity index is 1.12. The summed E-state index contributed by atoms with van der Waals surface area (Å²) in [6, 6.07) is 0. The Morgan fingerprint density at radius 2 is 1.64 bits per heavy atom. The number of aliphatic hydroxyl groups is 1. The Morgan fingerprint density at radius 1 is 0.927 bits per heavy atom. The van der Waals surface area contributed by atoms with Crippen LogP contribution in [0.15, 0.2) is 35.5 Å². The monoisotopic (exact) mass is 785 g/mol. The minimum Gasteiger partial charge on any atom is -0.481 e. The molecule has 0 aromatic rings. The van der Waals surface area contributed by atoms with Gasteiger partial charge in [0, 0.05) is 18.6 Å². The number of hydrogen-bond acceptors (Lipinski definition) is 5. The first-order valence-electron chi connectivity index (χ1n) is 21.9. The predicted molar refractivity (Wildman–Crippen MR) is 219 cm³/mol. The maximum Gasteiger partial charge on any atom is 0.312 e. The molecule has 310 valence electrons. The number of alkyl halides is 1. The van der Waals surface area contributed by atoms with Gasteiger partial charge in [0.25, 0.3) is 0 Å². The molecule has 4 saturated carbocycles. The summed E-state index contributed by atoms with van der Waals surface area (Å²) in [6.45, 7) is 20.2. The van der Waals surface area contributed by atoms with Gasteiger partial charge in [0.2, 0.25) is 10.0 Å². The van der Waals surface area contributed by atoms with Crippen molar-refractivity contribution in [3.05, 3.63) is 35.5 Å². The number of sulfonamides is 1. The summed E-state index contributed by atoms with van der Waals surface area (Å²) in [6.07, 6.45) is 20.7. The molecule has 0 bridgehead atoms. The van der Waals surface area contributed by atoms with Crippen LogP contribution in [0.1, 0.15) is 144 Å². The molecule has 5 fully saturated rings. The van der Waals surface area contributed by atoms with E-state index in [1.54, 1.807) is 0 Å².